The van der Waals surface area contributed by atoms with Gasteiger partial charge in [0, 0.05) is 6.54 Å². The first kappa shape index (κ1) is 24.3. The Kier molecular flexibility index (Phi) is 10.6. The number of carbonyl (C=O) groups is 3. The van der Waals surface area contributed by atoms with E-state index in [1.807, 2.05) is 30.3 Å². The van der Waals surface area contributed by atoms with Crippen LogP contribution >= 0.6 is 0 Å². The molecule has 0 spiro atoms. The SMILES string of the molecule is CCOC(=O)C(CCCCNC(=O)OCc1ccccc1)NC(=O)OC(C)(C)C. The first-order chi connectivity index (χ1) is 13.7. The maximum Gasteiger partial charge on any atom is 0.408 e. The normalized spacial score (nSPS) is 11.9. The number of nitrogens with one attached hydrogen (secondary N) is 2. The van der Waals surface area contributed by atoms with Crippen LogP contribution in [0.4, 0.5) is 9.59 Å². The van der Waals surface area contributed by atoms with E-state index in [9.17, 15) is 14.4 Å². The molecule has 1 aromatic carbocycles. The van der Waals surface area contributed by atoms with E-state index in [1.54, 1.807) is 27.7 Å². The number of alkyl carbamates (subject to hydrolysis) is 2. The van der Waals surface area contributed by atoms with Gasteiger partial charge < -0.3 is 24.8 Å². The summed E-state index contributed by atoms with van der Waals surface area (Å²) >= 11 is 0. The molecule has 0 saturated heterocycles. The van der Waals surface area contributed by atoms with E-state index in [2.05, 4.69) is 10.6 Å². The van der Waals surface area contributed by atoms with Crippen LogP contribution in [-0.2, 0) is 25.6 Å². The second-order valence-corrected chi connectivity index (χ2v) is 7.44. The summed E-state index contributed by atoms with van der Waals surface area (Å²) in [4.78, 5) is 35.7. The Labute approximate surface area is 172 Å². The molecule has 0 aliphatic carbocycles. The molecule has 0 bridgehead atoms. The minimum atomic E-state index is -0.796. The summed E-state index contributed by atoms with van der Waals surface area (Å²) in [5, 5.41) is 5.21. The maximum absolute atomic E-state index is 12.1. The van der Waals surface area contributed by atoms with Crippen molar-refractivity contribution in [3.05, 3.63) is 35.9 Å². The molecule has 8 heteroatoms. The summed E-state index contributed by atoms with van der Waals surface area (Å²) in [6, 6.07) is 8.60. The van der Waals surface area contributed by atoms with Crippen LogP contribution in [0.5, 0.6) is 0 Å². The van der Waals surface area contributed by atoms with Crippen LogP contribution in [0.15, 0.2) is 30.3 Å². The fourth-order valence-electron chi connectivity index (χ4n) is 2.38. The standard InChI is InChI=1S/C21H32N2O6/c1-5-27-18(24)17(23-20(26)29-21(2,3)4)13-9-10-14-22-19(25)28-15-16-11-7-6-8-12-16/h6-8,11-12,17H,5,9-10,13-15H2,1-4H3,(H,22,25)(H,23,26). The number of amides is 2. The Morgan fingerprint density at radius 1 is 1.00 bits per heavy atom. The largest absolute Gasteiger partial charge is 0.464 e. The molecule has 0 heterocycles. The lowest BCUT2D eigenvalue weighted by molar-refractivity contribution is -0.145. The van der Waals surface area contributed by atoms with Crippen molar-refractivity contribution in [2.45, 2.75) is 65.2 Å². The zero-order valence-corrected chi connectivity index (χ0v) is 17.7. The van der Waals surface area contributed by atoms with Crippen molar-refractivity contribution < 1.29 is 28.6 Å². The third-order valence-electron chi connectivity index (χ3n) is 3.66. The van der Waals surface area contributed by atoms with Crippen molar-refractivity contribution in [3.8, 4) is 0 Å². The van der Waals surface area contributed by atoms with E-state index in [-0.39, 0.29) is 13.2 Å². The average molecular weight is 408 g/mol. The van der Waals surface area contributed by atoms with Gasteiger partial charge in [-0.2, -0.15) is 0 Å². The smallest absolute Gasteiger partial charge is 0.408 e. The van der Waals surface area contributed by atoms with Crippen LogP contribution in [0.2, 0.25) is 0 Å². The summed E-state index contributed by atoms with van der Waals surface area (Å²) < 4.78 is 15.3. The first-order valence-corrected chi connectivity index (χ1v) is 9.82. The third kappa shape index (κ3) is 11.6. The molecule has 1 unspecified atom stereocenters. The quantitative estimate of drug-likeness (QED) is 0.349. The molecule has 0 fully saturated rings. The molecule has 162 valence electrons. The highest BCUT2D eigenvalue weighted by Crippen LogP contribution is 2.09. The summed E-state index contributed by atoms with van der Waals surface area (Å²) in [7, 11) is 0. The molecule has 0 radical (unpaired) electrons. The van der Waals surface area contributed by atoms with Gasteiger partial charge in [-0.05, 0) is 52.5 Å². The topological polar surface area (TPSA) is 103 Å². The molecule has 1 aromatic rings. The predicted molar refractivity (Wildman–Crippen MR) is 108 cm³/mol. The number of benzene rings is 1. The van der Waals surface area contributed by atoms with Gasteiger partial charge in [-0.25, -0.2) is 14.4 Å². The Bertz CT molecular complexity index is 642. The average Bonchev–Trinajstić information content (AvgIpc) is 2.64. The lowest BCUT2D eigenvalue weighted by atomic mass is 10.1. The molecule has 29 heavy (non-hydrogen) atoms. The van der Waals surface area contributed by atoms with E-state index in [1.165, 1.54) is 0 Å². The van der Waals surface area contributed by atoms with Crippen LogP contribution in [0.3, 0.4) is 0 Å². The van der Waals surface area contributed by atoms with Crippen molar-refractivity contribution in [3.63, 3.8) is 0 Å². The molecular weight excluding hydrogens is 376 g/mol. The molecule has 0 aromatic heterocycles. The number of hydrogen-bond acceptors (Lipinski definition) is 6. The Hall–Kier alpha value is -2.77. The molecule has 0 aliphatic heterocycles. The third-order valence-corrected chi connectivity index (χ3v) is 3.66. The van der Waals surface area contributed by atoms with Gasteiger partial charge in [-0.3, -0.25) is 0 Å². The number of hydrogen-bond donors (Lipinski definition) is 2. The number of carbonyl (C=O) groups excluding carboxylic acids is 3. The van der Waals surface area contributed by atoms with Crippen molar-refractivity contribution in [2.75, 3.05) is 13.2 Å². The van der Waals surface area contributed by atoms with E-state index >= 15 is 0 Å². The molecule has 2 N–H and O–H groups in total. The zero-order valence-electron chi connectivity index (χ0n) is 17.7. The lowest BCUT2D eigenvalue weighted by Crippen LogP contribution is -2.44. The van der Waals surface area contributed by atoms with Crippen molar-refractivity contribution >= 4 is 18.2 Å². The van der Waals surface area contributed by atoms with E-state index in [0.717, 1.165) is 5.56 Å². The second kappa shape index (κ2) is 12.6. The number of rotatable bonds is 10. The minimum Gasteiger partial charge on any atom is -0.464 e. The van der Waals surface area contributed by atoms with Crippen LogP contribution in [0.1, 0.15) is 52.5 Å². The first-order valence-electron chi connectivity index (χ1n) is 9.82. The minimum absolute atomic E-state index is 0.206. The molecular formula is C21H32N2O6. The van der Waals surface area contributed by atoms with Crippen LogP contribution in [0, 0.1) is 0 Å². The summed E-state index contributed by atoms with van der Waals surface area (Å²) in [5.41, 5.74) is 0.251. The monoisotopic (exact) mass is 408 g/mol. The molecule has 2 amide bonds. The predicted octanol–water partition coefficient (Wildman–Crippen LogP) is 3.54. The number of ether oxygens (including phenoxy) is 3. The molecule has 0 aliphatic rings. The molecule has 8 nitrogen and oxygen atoms in total. The van der Waals surface area contributed by atoms with E-state index in [0.29, 0.717) is 25.8 Å². The van der Waals surface area contributed by atoms with Gasteiger partial charge in [0.1, 0.15) is 18.2 Å². The number of unbranched alkanes of at least 4 members (excludes halogenated alkanes) is 1. The van der Waals surface area contributed by atoms with Crippen molar-refractivity contribution in [1.82, 2.24) is 10.6 Å². The Morgan fingerprint density at radius 2 is 1.69 bits per heavy atom. The van der Waals surface area contributed by atoms with Gasteiger partial charge in [0.15, 0.2) is 0 Å². The van der Waals surface area contributed by atoms with Crippen molar-refractivity contribution in [2.24, 2.45) is 0 Å². The molecule has 1 atom stereocenters. The molecule has 1 rings (SSSR count). The van der Waals surface area contributed by atoms with Gasteiger partial charge in [-0.15, -0.1) is 0 Å². The Morgan fingerprint density at radius 3 is 2.31 bits per heavy atom. The van der Waals surface area contributed by atoms with Crippen molar-refractivity contribution in [1.29, 1.82) is 0 Å². The van der Waals surface area contributed by atoms with Gasteiger partial charge in [0.25, 0.3) is 0 Å². The van der Waals surface area contributed by atoms with Gasteiger partial charge >= 0.3 is 18.2 Å². The van der Waals surface area contributed by atoms with Gasteiger partial charge in [0.05, 0.1) is 6.61 Å². The lowest BCUT2D eigenvalue weighted by Gasteiger charge is -2.22. The fraction of sp³-hybridized carbons (Fsp3) is 0.571. The maximum atomic E-state index is 12.1. The fourth-order valence-corrected chi connectivity index (χ4v) is 2.38. The highest BCUT2D eigenvalue weighted by molar-refractivity contribution is 5.81. The van der Waals surface area contributed by atoms with Crippen LogP contribution in [0.25, 0.3) is 0 Å². The summed E-state index contributed by atoms with van der Waals surface area (Å²) in [5.74, 6) is -0.506. The highest BCUT2D eigenvalue weighted by Gasteiger charge is 2.24. The summed E-state index contributed by atoms with van der Waals surface area (Å²) in [6.07, 6.45) is 0.421. The highest BCUT2D eigenvalue weighted by atomic mass is 16.6. The van der Waals surface area contributed by atoms with E-state index in [4.69, 9.17) is 14.2 Å². The Balaban J connectivity index is 2.31. The number of esters is 1. The molecule has 0 saturated carbocycles. The summed E-state index contributed by atoms with van der Waals surface area (Å²) in [6.45, 7) is 7.76. The van der Waals surface area contributed by atoms with Crippen LogP contribution in [-0.4, -0.2) is 43.0 Å². The van der Waals surface area contributed by atoms with Crippen LogP contribution < -0.4 is 10.6 Å². The van der Waals surface area contributed by atoms with Gasteiger partial charge in [0.2, 0.25) is 0 Å². The second-order valence-electron chi connectivity index (χ2n) is 7.44. The van der Waals surface area contributed by atoms with E-state index < -0.39 is 29.8 Å². The van der Waals surface area contributed by atoms with Gasteiger partial charge in [-0.1, -0.05) is 30.3 Å². The zero-order chi connectivity index (χ0) is 21.7.